The van der Waals surface area contributed by atoms with Crippen LogP contribution in [0, 0.1) is 0 Å². The van der Waals surface area contributed by atoms with Crippen molar-refractivity contribution < 1.29 is 13.5 Å². The number of nitrogens with zero attached hydrogens (tertiary/aromatic N) is 2. The lowest BCUT2D eigenvalue weighted by Gasteiger charge is -2.04. The van der Waals surface area contributed by atoms with Gasteiger partial charge in [0.05, 0.1) is 23.2 Å². The average molecular weight is 259 g/mol. The molecular weight excluding hydrogens is 250 g/mol. The van der Waals surface area contributed by atoms with Crippen LogP contribution in [0.5, 0.6) is 0 Å². The topological polar surface area (TPSA) is 92.2 Å². The van der Waals surface area contributed by atoms with Crippen molar-refractivity contribution in [3.05, 3.63) is 18.2 Å². The first-order valence-corrected chi connectivity index (χ1v) is 6.68. The highest BCUT2D eigenvalue weighted by molar-refractivity contribution is 7.89. The van der Waals surface area contributed by atoms with Gasteiger partial charge in [0.25, 0.3) is 0 Å². The molecule has 0 unspecified atom stereocenters. The van der Waals surface area contributed by atoms with E-state index in [1.54, 1.807) is 6.07 Å². The number of hydrogen-bond donors (Lipinski definition) is 2. The summed E-state index contributed by atoms with van der Waals surface area (Å²) in [6.45, 7) is -0.241. The first-order valence-electron chi connectivity index (χ1n) is 4.46. The summed E-state index contributed by atoms with van der Waals surface area (Å²) in [5, 5.41) is 8.57. The Labute approximate surface area is 96.3 Å². The monoisotopic (exact) mass is 259 g/mol. The van der Waals surface area contributed by atoms with Crippen molar-refractivity contribution in [3.63, 3.8) is 0 Å². The highest BCUT2D eigenvalue weighted by Crippen LogP contribution is 2.16. The molecule has 0 amide bonds. The maximum atomic E-state index is 11.7. The largest absolute Gasteiger partial charge is 0.395 e. The van der Waals surface area contributed by atoms with Gasteiger partial charge in [0, 0.05) is 6.54 Å². The molecule has 0 bridgehead atoms. The normalized spacial score (nSPS) is 12.1. The smallest absolute Gasteiger partial charge is 0.240 e. The molecule has 16 heavy (non-hydrogen) atoms. The minimum atomic E-state index is -3.56. The summed E-state index contributed by atoms with van der Waals surface area (Å²) in [4.78, 5) is 0.126. The molecule has 0 saturated heterocycles. The SMILES string of the molecule is O=S(=O)(NCCO)c1ccc2nsnc2c1. The number of aliphatic hydroxyl groups excluding tert-OH is 1. The Morgan fingerprint density at radius 1 is 1.31 bits per heavy atom. The second kappa shape index (κ2) is 4.42. The molecule has 6 nitrogen and oxygen atoms in total. The molecule has 2 aromatic rings. The second-order valence-electron chi connectivity index (χ2n) is 3.04. The Morgan fingerprint density at radius 3 is 2.81 bits per heavy atom. The van der Waals surface area contributed by atoms with E-state index in [9.17, 15) is 8.42 Å². The minimum absolute atomic E-state index is 0.00428. The number of nitrogens with one attached hydrogen (secondary N) is 1. The van der Waals surface area contributed by atoms with Gasteiger partial charge in [-0.15, -0.1) is 0 Å². The van der Waals surface area contributed by atoms with E-state index in [4.69, 9.17) is 5.11 Å². The molecule has 0 spiro atoms. The average Bonchev–Trinajstić information content (AvgIpc) is 2.73. The van der Waals surface area contributed by atoms with Crippen molar-refractivity contribution in [1.29, 1.82) is 0 Å². The quantitative estimate of drug-likeness (QED) is 0.804. The molecule has 0 atom stereocenters. The van der Waals surface area contributed by atoms with E-state index in [0.717, 1.165) is 11.7 Å². The van der Waals surface area contributed by atoms with Gasteiger partial charge < -0.3 is 5.11 Å². The van der Waals surface area contributed by atoms with Crippen LogP contribution in [0.4, 0.5) is 0 Å². The predicted octanol–water partition coefficient (Wildman–Crippen LogP) is -0.0381. The highest BCUT2D eigenvalue weighted by atomic mass is 32.2. The van der Waals surface area contributed by atoms with E-state index in [1.165, 1.54) is 12.1 Å². The van der Waals surface area contributed by atoms with E-state index in [0.29, 0.717) is 11.0 Å². The first-order chi connectivity index (χ1) is 7.63. The molecule has 8 heteroatoms. The van der Waals surface area contributed by atoms with Gasteiger partial charge in [-0.05, 0) is 18.2 Å². The van der Waals surface area contributed by atoms with Gasteiger partial charge in [-0.1, -0.05) is 0 Å². The van der Waals surface area contributed by atoms with Crippen molar-refractivity contribution in [2.45, 2.75) is 4.90 Å². The third-order valence-electron chi connectivity index (χ3n) is 1.94. The Kier molecular flexibility index (Phi) is 3.15. The molecule has 0 aliphatic carbocycles. The Balaban J connectivity index is 2.39. The van der Waals surface area contributed by atoms with Gasteiger partial charge in [0.2, 0.25) is 10.0 Å². The van der Waals surface area contributed by atoms with E-state index in [1.807, 2.05) is 0 Å². The standard InChI is InChI=1S/C8H9N3O3S2/c12-4-3-9-16(13,14)6-1-2-7-8(5-6)11-15-10-7/h1-2,5,9,12H,3-4H2. The third kappa shape index (κ3) is 2.19. The zero-order chi connectivity index (χ0) is 11.6. The van der Waals surface area contributed by atoms with E-state index in [-0.39, 0.29) is 18.0 Å². The molecule has 0 saturated carbocycles. The summed E-state index contributed by atoms with van der Waals surface area (Å²) in [6, 6.07) is 4.52. The fraction of sp³-hybridized carbons (Fsp3) is 0.250. The van der Waals surface area contributed by atoms with Crippen molar-refractivity contribution in [2.24, 2.45) is 0 Å². The molecule has 0 fully saturated rings. The highest BCUT2D eigenvalue weighted by Gasteiger charge is 2.14. The van der Waals surface area contributed by atoms with Crippen molar-refractivity contribution in [3.8, 4) is 0 Å². The maximum absolute atomic E-state index is 11.7. The van der Waals surface area contributed by atoms with Gasteiger partial charge in [0.1, 0.15) is 11.0 Å². The predicted molar refractivity (Wildman–Crippen MR) is 59.7 cm³/mol. The summed E-state index contributed by atoms with van der Waals surface area (Å²) in [7, 11) is -3.56. The number of rotatable bonds is 4. The summed E-state index contributed by atoms with van der Waals surface area (Å²) in [6.07, 6.45) is 0. The van der Waals surface area contributed by atoms with Crippen LogP contribution in [-0.2, 0) is 10.0 Å². The van der Waals surface area contributed by atoms with Crippen molar-refractivity contribution >= 4 is 32.8 Å². The van der Waals surface area contributed by atoms with Crippen LogP contribution in [0.15, 0.2) is 23.1 Å². The van der Waals surface area contributed by atoms with Crippen LogP contribution in [0.3, 0.4) is 0 Å². The molecular formula is C8H9N3O3S2. The van der Waals surface area contributed by atoms with Crippen LogP contribution in [0.1, 0.15) is 0 Å². The van der Waals surface area contributed by atoms with Crippen LogP contribution >= 0.6 is 11.7 Å². The van der Waals surface area contributed by atoms with Crippen LogP contribution in [-0.4, -0.2) is 35.4 Å². The lowest BCUT2D eigenvalue weighted by molar-refractivity contribution is 0.301. The number of fused-ring (bicyclic) bond motifs is 1. The lowest BCUT2D eigenvalue weighted by atomic mass is 10.3. The van der Waals surface area contributed by atoms with E-state index in [2.05, 4.69) is 13.5 Å². The lowest BCUT2D eigenvalue weighted by Crippen LogP contribution is -2.26. The van der Waals surface area contributed by atoms with Gasteiger partial charge in [0.15, 0.2) is 0 Å². The Hall–Kier alpha value is -1.09. The van der Waals surface area contributed by atoms with Crippen molar-refractivity contribution in [2.75, 3.05) is 13.2 Å². The molecule has 0 aliphatic rings. The summed E-state index contributed by atoms with van der Waals surface area (Å²) < 4.78 is 33.6. The molecule has 1 aromatic carbocycles. The Bertz CT molecular complexity index is 593. The Morgan fingerprint density at radius 2 is 2.06 bits per heavy atom. The zero-order valence-corrected chi connectivity index (χ0v) is 9.75. The van der Waals surface area contributed by atoms with Gasteiger partial charge >= 0.3 is 0 Å². The molecule has 0 aliphatic heterocycles. The van der Waals surface area contributed by atoms with Crippen LogP contribution < -0.4 is 4.72 Å². The fourth-order valence-corrected chi connectivity index (χ4v) is 2.75. The maximum Gasteiger partial charge on any atom is 0.240 e. The van der Waals surface area contributed by atoms with Gasteiger partial charge in [-0.2, -0.15) is 8.75 Å². The van der Waals surface area contributed by atoms with Crippen molar-refractivity contribution in [1.82, 2.24) is 13.5 Å². The van der Waals surface area contributed by atoms with Gasteiger partial charge in [-0.25, -0.2) is 13.1 Å². The third-order valence-corrected chi connectivity index (χ3v) is 3.95. The number of benzene rings is 1. The number of aliphatic hydroxyl groups is 1. The number of sulfonamides is 1. The second-order valence-corrected chi connectivity index (χ2v) is 5.33. The van der Waals surface area contributed by atoms with E-state index < -0.39 is 10.0 Å². The van der Waals surface area contributed by atoms with Gasteiger partial charge in [-0.3, -0.25) is 0 Å². The zero-order valence-electron chi connectivity index (χ0n) is 8.12. The van der Waals surface area contributed by atoms with Crippen LogP contribution in [0.25, 0.3) is 11.0 Å². The molecule has 0 radical (unpaired) electrons. The molecule has 86 valence electrons. The number of hydrogen-bond acceptors (Lipinski definition) is 6. The molecule has 1 heterocycles. The first kappa shape index (κ1) is 11.4. The molecule has 2 rings (SSSR count). The van der Waals surface area contributed by atoms with Crippen LogP contribution in [0.2, 0.25) is 0 Å². The van der Waals surface area contributed by atoms with E-state index >= 15 is 0 Å². The summed E-state index contributed by atoms with van der Waals surface area (Å²) in [5.41, 5.74) is 1.22. The molecule has 2 N–H and O–H groups in total. The number of aromatic nitrogens is 2. The summed E-state index contributed by atoms with van der Waals surface area (Å²) in [5.74, 6) is 0. The fourth-order valence-electron chi connectivity index (χ4n) is 1.19. The minimum Gasteiger partial charge on any atom is -0.395 e. The molecule has 1 aromatic heterocycles. The summed E-state index contributed by atoms with van der Waals surface area (Å²) >= 11 is 1.03.